The van der Waals surface area contributed by atoms with Gasteiger partial charge in [-0.3, -0.25) is 14.7 Å². The lowest BCUT2D eigenvalue weighted by Gasteiger charge is -2.30. The number of nitrogens with one attached hydrogen (secondary N) is 2. The van der Waals surface area contributed by atoms with Gasteiger partial charge < -0.3 is 20.3 Å². The Morgan fingerprint density at radius 1 is 0.976 bits per heavy atom. The molecule has 0 aliphatic carbocycles. The molecule has 0 radical (unpaired) electrons. The van der Waals surface area contributed by atoms with Crippen molar-refractivity contribution >= 4 is 6.09 Å². The summed E-state index contributed by atoms with van der Waals surface area (Å²) in [5, 5.41) is 34.4. The van der Waals surface area contributed by atoms with E-state index in [0.717, 1.165) is 41.8 Å². The quantitative estimate of drug-likeness (QED) is 0.287. The van der Waals surface area contributed by atoms with Gasteiger partial charge in [0, 0.05) is 43.5 Å². The Morgan fingerprint density at radius 3 is 2.44 bits per heavy atom. The number of aromatic amines is 1. The van der Waals surface area contributed by atoms with E-state index >= 15 is 0 Å². The van der Waals surface area contributed by atoms with Crippen LogP contribution in [0.4, 0.5) is 4.79 Å². The van der Waals surface area contributed by atoms with E-state index < -0.39 is 12.2 Å². The highest BCUT2D eigenvalue weighted by atomic mass is 16.6. The third-order valence-corrected chi connectivity index (χ3v) is 7.37. The Labute approximate surface area is 239 Å². The van der Waals surface area contributed by atoms with Gasteiger partial charge in [0.25, 0.3) is 0 Å². The summed E-state index contributed by atoms with van der Waals surface area (Å²) in [6.45, 7) is 2.97. The fraction of sp³-hybridized carbons (Fsp3) is 0.323. The van der Waals surface area contributed by atoms with E-state index in [4.69, 9.17) is 4.74 Å². The molecular formula is C31H36N6O4. The molecule has 10 nitrogen and oxygen atoms in total. The van der Waals surface area contributed by atoms with Gasteiger partial charge in [0.1, 0.15) is 6.61 Å². The predicted octanol–water partition coefficient (Wildman–Crippen LogP) is 3.39. The van der Waals surface area contributed by atoms with E-state index in [-0.39, 0.29) is 24.5 Å². The molecule has 0 saturated carbocycles. The summed E-state index contributed by atoms with van der Waals surface area (Å²) >= 11 is 0. The standard InChI is InChI=1S/C23H23N3O3.C8H13N3O/c27-22-11-12-25(23(28)29-17-19-9-5-2-6-10-19)16-21(22)20-13-24-26(15-20)14-18-7-3-1-4-8-18;12-8-1-2-9-5-7(8)6-3-10-11-4-6/h1-13,15,21-22,27H,14,16-17H2;3-4,7-9,12H,1-2,5H2,(H,10,11). The number of hydrogen-bond donors (Lipinski definition) is 4. The molecule has 0 spiro atoms. The Hall–Kier alpha value is -4.25. The maximum Gasteiger partial charge on any atom is 0.414 e. The van der Waals surface area contributed by atoms with Gasteiger partial charge in [0.05, 0.1) is 31.1 Å². The van der Waals surface area contributed by atoms with Crippen LogP contribution in [0.3, 0.4) is 0 Å². The van der Waals surface area contributed by atoms with Crippen molar-refractivity contribution in [2.45, 2.75) is 43.6 Å². The van der Waals surface area contributed by atoms with Gasteiger partial charge in [-0.15, -0.1) is 0 Å². The molecule has 4 heterocycles. The van der Waals surface area contributed by atoms with Crippen LogP contribution in [0, 0.1) is 0 Å². The number of carbonyl (C=O) groups excluding carboxylic acids is 1. The molecule has 4 aromatic rings. The third kappa shape index (κ3) is 7.69. The number of H-pyrrole nitrogens is 1. The SMILES string of the molecule is O=C(OCc1ccccc1)N1C=CC(O)C(c2cnn(Cc3ccccc3)c2)C1.OC1CCNCC1c1cn[nH]c1. The van der Waals surface area contributed by atoms with Crippen LogP contribution in [0.2, 0.25) is 0 Å². The number of nitrogens with zero attached hydrogens (tertiary/aromatic N) is 4. The first-order valence-electron chi connectivity index (χ1n) is 13.8. The summed E-state index contributed by atoms with van der Waals surface area (Å²) in [6, 6.07) is 19.6. The van der Waals surface area contributed by atoms with Crippen LogP contribution in [0.5, 0.6) is 0 Å². The Kier molecular flexibility index (Phi) is 9.58. The van der Waals surface area contributed by atoms with Crippen LogP contribution in [0.1, 0.15) is 40.5 Å². The van der Waals surface area contributed by atoms with Crippen molar-refractivity contribution in [1.82, 2.24) is 30.2 Å². The second-order valence-corrected chi connectivity index (χ2v) is 10.3. The molecule has 214 valence electrons. The van der Waals surface area contributed by atoms with Gasteiger partial charge in [0.15, 0.2) is 0 Å². The summed E-state index contributed by atoms with van der Waals surface area (Å²) in [5.41, 5.74) is 4.06. The van der Waals surface area contributed by atoms with Gasteiger partial charge in [-0.2, -0.15) is 10.2 Å². The smallest absolute Gasteiger partial charge is 0.414 e. The minimum Gasteiger partial charge on any atom is -0.444 e. The summed E-state index contributed by atoms with van der Waals surface area (Å²) in [5.74, 6) is -0.0497. The van der Waals surface area contributed by atoms with Crippen molar-refractivity contribution in [1.29, 1.82) is 0 Å². The van der Waals surface area contributed by atoms with Crippen molar-refractivity contribution in [2.75, 3.05) is 19.6 Å². The highest BCUT2D eigenvalue weighted by Gasteiger charge is 2.29. The van der Waals surface area contributed by atoms with E-state index in [9.17, 15) is 15.0 Å². The summed E-state index contributed by atoms with van der Waals surface area (Å²) < 4.78 is 7.25. The molecule has 2 aliphatic heterocycles. The molecule has 1 amide bonds. The van der Waals surface area contributed by atoms with Crippen LogP contribution < -0.4 is 5.32 Å². The molecule has 1 saturated heterocycles. The summed E-state index contributed by atoms with van der Waals surface area (Å²) in [7, 11) is 0. The highest BCUT2D eigenvalue weighted by Crippen LogP contribution is 2.26. The van der Waals surface area contributed by atoms with Crippen LogP contribution in [-0.4, -0.2) is 73.0 Å². The second-order valence-electron chi connectivity index (χ2n) is 10.3. The van der Waals surface area contributed by atoms with E-state index in [2.05, 4.69) is 20.6 Å². The molecule has 4 unspecified atom stereocenters. The van der Waals surface area contributed by atoms with Crippen LogP contribution in [-0.2, 0) is 17.9 Å². The number of ether oxygens (including phenoxy) is 1. The van der Waals surface area contributed by atoms with Crippen LogP contribution >= 0.6 is 0 Å². The van der Waals surface area contributed by atoms with Gasteiger partial charge in [-0.1, -0.05) is 60.7 Å². The predicted molar refractivity (Wildman–Crippen MR) is 154 cm³/mol. The molecule has 6 rings (SSSR count). The van der Waals surface area contributed by atoms with E-state index in [0.29, 0.717) is 13.1 Å². The maximum atomic E-state index is 12.5. The number of piperidine rings is 1. The minimum absolute atomic E-state index is 0.206. The number of rotatable bonds is 6. The molecule has 2 aliphatic rings. The normalized spacial score (nSPS) is 22.0. The van der Waals surface area contributed by atoms with E-state index in [1.54, 1.807) is 24.7 Å². The zero-order valence-electron chi connectivity index (χ0n) is 22.8. The molecule has 0 bridgehead atoms. The van der Waals surface area contributed by atoms with Crippen molar-refractivity contribution in [3.05, 3.63) is 120 Å². The lowest BCUT2D eigenvalue weighted by Crippen LogP contribution is -2.38. The molecule has 10 heteroatoms. The molecule has 4 atom stereocenters. The lowest BCUT2D eigenvalue weighted by atomic mass is 9.91. The number of amides is 1. The molecule has 1 fully saturated rings. The number of hydrogen-bond acceptors (Lipinski definition) is 7. The fourth-order valence-electron chi connectivity index (χ4n) is 5.02. The van der Waals surface area contributed by atoms with Gasteiger partial charge in [-0.25, -0.2) is 4.79 Å². The Bertz CT molecular complexity index is 1380. The first-order valence-corrected chi connectivity index (χ1v) is 13.8. The highest BCUT2D eigenvalue weighted by molar-refractivity contribution is 5.69. The van der Waals surface area contributed by atoms with Gasteiger partial charge >= 0.3 is 6.09 Å². The minimum atomic E-state index is -0.678. The molecular weight excluding hydrogens is 520 g/mol. The van der Waals surface area contributed by atoms with Gasteiger partial charge in [-0.05, 0) is 41.3 Å². The largest absolute Gasteiger partial charge is 0.444 e. The number of carbonyl (C=O) groups is 1. The zero-order chi connectivity index (χ0) is 28.4. The van der Waals surface area contributed by atoms with Crippen molar-refractivity contribution in [3.8, 4) is 0 Å². The molecule has 2 aromatic heterocycles. The number of aliphatic hydroxyl groups excluding tert-OH is 2. The van der Waals surface area contributed by atoms with Gasteiger partial charge in [0.2, 0.25) is 0 Å². The average molecular weight is 557 g/mol. The first kappa shape index (κ1) is 28.3. The number of aromatic nitrogens is 4. The van der Waals surface area contributed by atoms with E-state index in [1.165, 1.54) is 4.90 Å². The third-order valence-electron chi connectivity index (χ3n) is 7.37. The van der Waals surface area contributed by atoms with Crippen molar-refractivity contribution in [2.24, 2.45) is 0 Å². The van der Waals surface area contributed by atoms with Crippen molar-refractivity contribution in [3.63, 3.8) is 0 Å². The topological polar surface area (TPSA) is 129 Å². The second kappa shape index (κ2) is 13.9. The average Bonchev–Trinajstić information content (AvgIpc) is 3.71. The first-order chi connectivity index (χ1) is 20.1. The Balaban J connectivity index is 0.000000234. The summed E-state index contributed by atoms with van der Waals surface area (Å²) in [4.78, 5) is 13.9. The zero-order valence-corrected chi connectivity index (χ0v) is 22.8. The maximum absolute atomic E-state index is 12.5. The fourth-order valence-corrected chi connectivity index (χ4v) is 5.02. The lowest BCUT2D eigenvalue weighted by molar-refractivity contribution is 0.0940. The number of aliphatic hydroxyl groups is 2. The van der Waals surface area contributed by atoms with Crippen LogP contribution in [0.15, 0.2) is 97.7 Å². The van der Waals surface area contributed by atoms with Crippen molar-refractivity contribution < 1.29 is 19.7 Å². The molecule has 41 heavy (non-hydrogen) atoms. The van der Waals surface area contributed by atoms with Crippen LogP contribution in [0.25, 0.3) is 0 Å². The molecule has 4 N–H and O–H groups in total. The Morgan fingerprint density at radius 2 is 1.73 bits per heavy atom. The molecule has 2 aromatic carbocycles. The monoisotopic (exact) mass is 556 g/mol. The summed E-state index contributed by atoms with van der Waals surface area (Å²) in [6.07, 6.45) is 10.0. The number of benzene rings is 2. The van der Waals surface area contributed by atoms with E-state index in [1.807, 2.05) is 77.7 Å².